The maximum atomic E-state index is 10.8. The van der Waals surface area contributed by atoms with E-state index in [0.717, 1.165) is 22.4 Å². The van der Waals surface area contributed by atoms with Crippen molar-refractivity contribution in [2.24, 2.45) is 0 Å². The number of hydrogen-bond donors (Lipinski definition) is 2. The number of benzene rings is 3. The van der Waals surface area contributed by atoms with Gasteiger partial charge in [0.15, 0.2) is 0 Å². The second-order valence-corrected chi connectivity index (χ2v) is 8.52. The molecule has 0 aromatic heterocycles. The molecule has 0 aliphatic heterocycles. The monoisotopic (exact) mass is 464 g/mol. The summed E-state index contributed by atoms with van der Waals surface area (Å²) in [6.07, 6.45) is -3.56. The Kier molecular flexibility index (Phi) is 8.68. The Bertz CT molecular complexity index is 979. The minimum absolute atomic E-state index is 0.151. The van der Waals surface area contributed by atoms with E-state index in [0.29, 0.717) is 19.8 Å². The highest BCUT2D eigenvalue weighted by Crippen LogP contribution is 2.30. The van der Waals surface area contributed by atoms with Crippen LogP contribution in [-0.4, -0.2) is 47.8 Å². The van der Waals surface area contributed by atoms with Crippen LogP contribution in [0.4, 0.5) is 0 Å². The van der Waals surface area contributed by atoms with Gasteiger partial charge in [0.05, 0.1) is 39.1 Å². The summed E-state index contributed by atoms with van der Waals surface area (Å²) in [7, 11) is 1.62. The number of ether oxygens (including phenoxy) is 4. The standard InChI is InChI=1S/C28H32O6/c1-31-23-14-12-22(13-15-23)19-33-27-25(30)16-24(29)26(32-17-20-8-4-2-5-9-20)28(27)34-18-21-10-6-3-7-11-21/h2-15,24-30H,16-19H2,1H3/t24-,25+,26+,27-,28-/m1/s1. The van der Waals surface area contributed by atoms with Crippen LogP contribution in [0.15, 0.2) is 84.9 Å². The molecule has 5 atom stereocenters. The summed E-state index contributed by atoms with van der Waals surface area (Å²) in [6, 6.07) is 27.2. The molecule has 0 amide bonds. The van der Waals surface area contributed by atoms with Gasteiger partial charge in [-0.3, -0.25) is 0 Å². The zero-order valence-corrected chi connectivity index (χ0v) is 19.3. The van der Waals surface area contributed by atoms with Crippen molar-refractivity contribution < 1.29 is 29.2 Å². The molecule has 1 aliphatic rings. The molecule has 0 saturated heterocycles. The minimum atomic E-state index is -0.884. The Morgan fingerprint density at radius 2 is 1.00 bits per heavy atom. The van der Waals surface area contributed by atoms with Crippen LogP contribution < -0.4 is 4.74 Å². The molecule has 0 bridgehead atoms. The fraction of sp³-hybridized carbons (Fsp3) is 0.357. The van der Waals surface area contributed by atoms with Crippen LogP contribution in [0.5, 0.6) is 5.75 Å². The van der Waals surface area contributed by atoms with Gasteiger partial charge in [-0.05, 0) is 28.8 Å². The Labute approximate surface area is 200 Å². The Balaban J connectivity index is 1.49. The molecular weight excluding hydrogens is 432 g/mol. The molecule has 1 saturated carbocycles. The lowest BCUT2D eigenvalue weighted by atomic mass is 9.86. The minimum Gasteiger partial charge on any atom is -0.497 e. The van der Waals surface area contributed by atoms with Gasteiger partial charge in [-0.15, -0.1) is 0 Å². The van der Waals surface area contributed by atoms with Gasteiger partial charge in [0.1, 0.15) is 24.1 Å². The van der Waals surface area contributed by atoms with E-state index >= 15 is 0 Å². The molecule has 1 aliphatic carbocycles. The van der Waals surface area contributed by atoms with E-state index < -0.39 is 30.5 Å². The summed E-state index contributed by atoms with van der Waals surface area (Å²) in [6.45, 7) is 0.937. The van der Waals surface area contributed by atoms with Crippen molar-refractivity contribution >= 4 is 0 Å². The second kappa shape index (κ2) is 12.1. The van der Waals surface area contributed by atoms with E-state index in [2.05, 4.69) is 0 Å². The summed E-state index contributed by atoms with van der Waals surface area (Å²) >= 11 is 0. The third kappa shape index (κ3) is 6.44. The van der Waals surface area contributed by atoms with Gasteiger partial charge in [-0.25, -0.2) is 0 Å². The van der Waals surface area contributed by atoms with Crippen LogP contribution in [0.1, 0.15) is 23.1 Å². The maximum absolute atomic E-state index is 10.8. The second-order valence-electron chi connectivity index (χ2n) is 8.52. The van der Waals surface area contributed by atoms with Crippen molar-refractivity contribution in [3.05, 3.63) is 102 Å². The largest absolute Gasteiger partial charge is 0.497 e. The molecule has 0 spiro atoms. The lowest BCUT2D eigenvalue weighted by molar-refractivity contribution is -0.231. The first-order chi connectivity index (χ1) is 16.6. The first-order valence-electron chi connectivity index (χ1n) is 11.6. The topological polar surface area (TPSA) is 77.4 Å². The van der Waals surface area contributed by atoms with Gasteiger partial charge in [0, 0.05) is 6.42 Å². The van der Waals surface area contributed by atoms with Crippen molar-refractivity contribution in [2.45, 2.75) is 56.8 Å². The number of rotatable bonds is 10. The molecule has 0 radical (unpaired) electrons. The van der Waals surface area contributed by atoms with Crippen molar-refractivity contribution in [3.8, 4) is 5.75 Å². The zero-order chi connectivity index (χ0) is 23.8. The average Bonchev–Trinajstić information content (AvgIpc) is 2.88. The van der Waals surface area contributed by atoms with Gasteiger partial charge < -0.3 is 29.2 Å². The van der Waals surface area contributed by atoms with Crippen LogP contribution in [0.3, 0.4) is 0 Å². The molecule has 2 N–H and O–H groups in total. The normalized spacial score (nSPS) is 24.6. The van der Waals surface area contributed by atoms with Gasteiger partial charge in [0.2, 0.25) is 0 Å². The number of aliphatic hydroxyl groups excluding tert-OH is 2. The Morgan fingerprint density at radius 3 is 1.44 bits per heavy atom. The highest BCUT2D eigenvalue weighted by molar-refractivity contribution is 5.26. The van der Waals surface area contributed by atoms with Crippen molar-refractivity contribution in [1.29, 1.82) is 0 Å². The summed E-state index contributed by atoms with van der Waals surface area (Å²) in [5.74, 6) is 0.767. The molecule has 6 heteroatoms. The summed E-state index contributed by atoms with van der Waals surface area (Å²) in [5, 5.41) is 21.6. The van der Waals surface area contributed by atoms with Gasteiger partial charge in [0.25, 0.3) is 0 Å². The van der Waals surface area contributed by atoms with Gasteiger partial charge >= 0.3 is 0 Å². The highest BCUT2D eigenvalue weighted by Gasteiger charge is 2.46. The lowest BCUT2D eigenvalue weighted by Crippen LogP contribution is -2.58. The molecule has 34 heavy (non-hydrogen) atoms. The fourth-order valence-corrected chi connectivity index (χ4v) is 4.19. The number of methoxy groups -OCH3 is 1. The third-order valence-electron chi connectivity index (χ3n) is 6.06. The van der Waals surface area contributed by atoms with E-state index in [-0.39, 0.29) is 6.42 Å². The van der Waals surface area contributed by atoms with Crippen LogP contribution in [0.2, 0.25) is 0 Å². The molecule has 0 heterocycles. The van der Waals surface area contributed by atoms with E-state index in [1.165, 1.54) is 0 Å². The van der Waals surface area contributed by atoms with Crippen LogP contribution in [-0.2, 0) is 34.0 Å². The highest BCUT2D eigenvalue weighted by atomic mass is 16.6. The predicted molar refractivity (Wildman–Crippen MR) is 128 cm³/mol. The maximum Gasteiger partial charge on any atom is 0.118 e. The lowest BCUT2D eigenvalue weighted by Gasteiger charge is -2.43. The van der Waals surface area contributed by atoms with Crippen molar-refractivity contribution in [3.63, 3.8) is 0 Å². The van der Waals surface area contributed by atoms with E-state index in [9.17, 15) is 10.2 Å². The molecule has 6 nitrogen and oxygen atoms in total. The average molecular weight is 465 g/mol. The first kappa shape index (κ1) is 24.4. The van der Waals surface area contributed by atoms with Gasteiger partial charge in [-0.2, -0.15) is 0 Å². The Morgan fingerprint density at radius 1 is 0.588 bits per heavy atom. The fourth-order valence-electron chi connectivity index (χ4n) is 4.19. The number of hydrogen-bond acceptors (Lipinski definition) is 6. The van der Waals surface area contributed by atoms with Crippen molar-refractivity contribution in [2.75, 3.05) is 7.11 Å². The Hall–Kier alpha value is -2.74. The molecule has 1 fully saturated rings. The molecule has 0 unspecified atom stereocenters. The van der Waals surface area contributed by atoms with Crippen LogP contribution in [0, 0.1) is 0 Å². The van der Waals surface area contributed by atoms with E-state index in [1.54, 1.807) is 7.11 Å². The summed E-state index contributed by atoms with van der Waals surface area (Å²) in [4.78, 5) is 0. The zero-order valence-electron chi connectivity index (χ0n) is 19.3. The van der Waals surface area contributed by atoms with E-state index in [1.807, 2.05) is 84.9 Å². The van der Waals surface area contributed by atoms with Crippen molar-refractivity contribution in [1.82, 2.24) is 0 Å². The summed E-state index contributed by atoms with van der Waals surface area (Å²) in [5.41, 5.74) is 2.94. The molecule has 3 aromatic rings. The van der Waals surface area contributed by atoms with E-state index in [4.69, 9.17) is 18.9 Å². The van der Waals surface area contributed by atoms with Crippen LogP contribution >= 0.6 is 0 Å². The third-order valence-corrected chi connectivity index (χ3v) is 6.06. The van der Waals surface area contributed by atoms with Gasteiger partial charge in [-0.1, -0.05) is 72.8 Å². The molecule has 180 valence electrons. The first-order valence-corrected chi connectivity index (χ1v) is 11.6. The predicted octanol–water partition coefficient (Wildman–Crippen LogP) is 3.88. The molecule has 4 rings (SSSR count). The summed E-state index contributed by atoms with van der Waals surface area (Å²) < 4.78 is 23.8. The molecular formula is C28H32O6. The SMILES string of the molecule is COc1ccc(CO[C@H]2[C@H](OCc3ccccc3)[C@@H](OCc3ccccc3)[C@H](O)C[C@@H]2O)cc1. The van der Waals surface area contributed by atoms with Crippen LogP contribution in [0.25, 0.3) is 0 Å². The quantitative estimate of drug-likeness (QED) is 0.474. The smallest absolute Gasteiger partial charge is 0.118 e. The molecule has 3 aromatic carbocycles. The number of aliphatic hydroxyl groups is 2.